The Morgan fingerprint density at radius 3 is 2.20 bits per heavy atom. The highest BCUT2D eigenvalue weighted by Crippen LogP contribution is 2.15. The average molecular weight is 281 g/mol. The van der Waals surface area contributed by atoms with E-state index in [1.54, 1.807) is 6.07 Å². The summed E-state index contributed by atoms with van der Waals surface area (Å²) in [4.78, 5) is 2.09. The number of benzene rings is 1. The summed E-state index contributed by atoms with van der Waals surface area (Å²) in [6.45, 7) is 4.97. The Morgan fingerprint density at radius 2 is 1.80 bits per heavy atom. The number of rotatable bonds is 6. The Morgan fingerprint density at radius 1 is 1.25 bits per heavy atom. The topological polar surface area (TPSA) is 39.1 Å². The minimum absolute atomic E-state index is 0.00269. The zero-order chi connectivity index (χ0) is 15.3. The number of hydrogen-bond acceptors (Lipinski definition) is 3. The van der Waals surface area contributed by atoms with Crippen LogP contribution in [-0.2, 0) is 6.54 Å². The molecule has 0 saturated heterocycles. The van der Waals surface area contributed by atoms with Crippen LogP contribution in [0.15, 0.2) is 12.1 Å². The fourth-order valence-electron chi connectivity index (χ4n) is 2.20. The molecule has 0 fully saturated rings. The molecule has 0 bridgehead atoms. The van der Waals surface area contributed by atoms with Crippen LogP contribution in [0.1, 0.15) is 25.0 Å². The fourth-order valence-corrected chi connectivity index (χ4v) is 2.20. The summed E-state index contributed by atoms with van der Waals surface area (Å²) in [6, 6.07) is 4.15. The zero-order valence-electron chi connectivity index (χ0n) is 12.4. The maximum absolute atomic E-state index is 13.7. The van der Waals surface area contributed by atoms with E-state index in [1.165, 1.54) is 0 Å². The molecular weight excluding hydrogens is 260 g/mol. The van der Waals surface area contributed by atoms with Crippen LogP contribution in [0.5, 0.6) is 0 Å². The molecule has 3 nitrogen and oxygen atoms in total. The average Bonchev–Trinajstić information content (AvgIpc) is 2.35. The first-order chi connectivity index (χ1) is 9.36. The van der Waals surface area contributed by atoms with Crippen LogP contribution >= 0.6 is 0 Å². The smallest absolute Gasteiger partial charge is 0.131 e. The van der Waals surface area contributed by atoms with Crippen molar-refractivity contribution in [1.29, 1.82) is 5.26 Å². The van der Waals surface area contributed by atoms with Crippen molar-refractivity contribution in [1.82, 2.24) is 10.2 Å². The minimum atomic E-state index is -0.681. The number of halogens is 2. The Balaban J connectivity index is 2.69. The van der Waals surface area contributed by atoms with Crippen LogP contribution in [0.2, 0.25) is 0 Å². The third-order valence-corrected chi connectivity index (χ3v) is 3.36. The van der Waals surface area contributed by atoms with Crippen LogP contribution in [0, 0.1) is 28.9 Å². The van der Waals surface area contributed by atoms with Gasteiger partial charge in [0.2, 0.25) is 0 Å². The highest BCUT2D eigenvalue weighted by Gasteiger charge is 2.16. The standard InChI is InChI=1S/C15H21F2N3/c1-10(2)15(20(3)4)9-19-8-12-13(16)5-11(7-18)6-14(12)17/h5-6,10,15,19H,8-9H2,1-4H3. The number of likely N-dealkylation sites (N-methyl/N-ethyl adjacent to an activating group) is 1. The van der Waals surface area contributed by atoms with Crippen molar-refractivity contribution in [2.75, 3.05) is 20.6 Å². The molecule has 0 saturated carbocycles. The van der Waals surface area contributed by atoms with Crippen LogP contribution in [0.4, 0.5) is 8.78 Å². The van der Waals surface area contributed by atoms with Gasteiger partial charge in [-0.25, -0.2) is 8.78 Å². The summed E-state index contributed by atoms with van der Waals surface area (Å²) in [7, 11) is 3.96. The second-order valence-electron chi connectivity index (χ2n) is 5.44. The highest BCUT2D eigenvalue weighted by molar-refractivity contribution is 5.34. The molecule has 0 spiro atoms. The molecule has 1 N–H and O–H groups in total. The van der Waals surface area contributed by atoms with E-state index in [0.717, 1.165) is 12.1 Å². The quantitative estimate of drug-likeness (QED) is 0.871. The van der Waals surface area contributed by atoms with Crippen molar-refractivity contribution in [3.8, 4) is 6.07 Å². The maximum Gasteiger partial charge on any atom is 0.131 e. The lowest BCUT2D eigenvalue weighted by Gasteiger charge is -2.28. The van der Waals surface area contributed by atoms with E-state index < -0.39 is 11.6 Å². The van der Waals surface area contributed by atoms with Crippen LogP contribution in [-0.4, -0.2) is 31.6 Å². The van der Waals surface area contributed by atoms with Crippen LogP contribution in [0.25, 0.3) is 0 Å². The minimum Gasteiger partial charge on any atom is -0.311 e. The maximum atomic E-state index is 13.7. The van der Waals surface area contributed by atoms with Gasteiger partial charge >= 0.3 is 0 Å². The monoisotopic (exact) mass is 281 g/mol. The molecule has 0 heterocycles. The molecule has 0 aliphatic carbocycles. The molecule has 0 aromatic heterocycles. The van der Waals surface area contributed by atoms with Gasteiger partial charge < -0.3 is 10.2 Å². The van der Waals surface area contributed by atoms with E-state index in [2.05, 4.69) is 24.1 Å². The number of nitriles is 1. The lowest BCUT2D eigenvalue weighted by atomic mass is 10.0. The van der Waals surface area contributed by atoms with E-state index in [4.69, 9.17) is 5.26 Å². The van der Waals surface area contributed by atoms with Gasteiger partial charge in [-0.1, -0.05) is 13.8 Å². The molecular formula is C15H21F2N3. The molecule has 1 rings (SSSR count). The third-order valence-electron chi connectivity index (χ3n) is 3.36. The summed E-state index contributed by atoms with van der Waals surface area (Å²) >= 11 is 0. The third kappa shape index (κ3) is 4.26. The summed E-state index contributed by atoms with van der Waals surface area (Å²) in [5.41, 5.74) is -0.0256. The molecule has 1 atom stereocenters. The number of nitrogens with one attached hydrogen (secondary N) is 1. The van der Waals surface area contributed by atoms with Crippen LogP contribution in [0.3, 0.4) is 0 Å². The predicted molar refractivity (Wildman–Crippen MR) is 75.1 cm³/mol. The molecule has 20 heavy (non-hydrogen) atoms. The summed E-state index contributed by atoms with van der Waals surface area (Å²) in [5.74, 6) is -0.923. The molecule has 0 radical (unpaired) electrons. The second-order valence-corrected chi connectivity index (χ2v) is 5.44. The van der Waals surface area contributed by atoms with Crippen molar-refractivity contribution in [2.24, 2.45) is 5.92 Å². The fraction of sp³-hybridized carbons (Fsp3) is 0.533. The molecule has 0 aliphatic heterocycles. The first-order valence-corrected chi connectivity index (χ1v) is 6.62. The normalized spacial score (nSPS) is 12.8. The van der Waals surface area contributed by atoms with Crippen molar-refractivity contribution in [2.45, 2.75) is 26.4 Å². The Hall–Kier alpha value is -1.51. The van der Waals surface area contributed by atoms with Gasteiger partial charge in [0.25, 0.3) is 0 Å². The van der Waals surface area contributed by atoms with Gasteiger partial charge in [0.05, 0.1) is 11.6 Å². The molecule has 1 aromatic rings. The van der Waals surface area contributed by atoms with Gasteiger partial charge in [-0.3, -0.25) is 0 Å². The molecule has 110 valence electrons. The van der Waals surface area contributed by atoms with E-state index in [0.29, 0.717) is 18.5 Å². The van der Waals surface area contributed by atoms with Crippen molar-refractivity contribution in [3.63, 3.8) is 0 Å². The van der Waals surface area contributed by atoms with Crippen molar-refractivity contribution >= 4 is 0 Å². The molecule has 1 unspecified atom stereocenters. The van der Waals surface area contributed by atoms with Crippen molar-refractivity contribution in [3.05, 3.63) is 34.9 Å². The zero-order valence-corrected chi connectivity index (χ0v) is 12.4. The predicted octanol–water partition coefficient (Wildman–Crippen LogP) is 2.51. The number of hydrogen-bond donors (Lipinski definition) is 1. The first-order valence-electron chi connectivity index (χ1n) is 6.62. The Kier molecular flexibility index (Phi) is 6.05. The lowest BCUT2D eigenvalue weighted by molar-refractivity contribution is 0.224. The van der Waals surface area contributed by atoms with Crippen molar-refractivity contribution < 1.29 is 8.78 Å². The van der Waals surface area contributed by atoms with Gasteiger partial charge in [0.15, 0.2) is 0 Å². The Bertz CT molecular complexity index is 461. The second kappa shape index (κ2) is 7.32. The number of nitrogens with zero attached hydrogens (tertiary/aromatic N) is 2. The Labute approximate surface area is 119 Å². The van der Waals surface area contributed by atoms with E-state index >= 15 is 0 Å². The lowest BCUT2D eigenvalue weighted by Crippen LogP contribution is -2.41. The van der Waals surface area contributed by atoms with Crippen LogP contribution < -0.4 is 5.32 Å². The summed E-state index contributed by atoms with van der Waals surface area (Å²) < 4.78 is 27.4. The largest absolute Gasteiger partial charge is 0.311 e. The highest BCUT2D eigenvalue weighted by atomic mass is 19.1. The van der Waals surface area contributed by atoms with Gasteiger partial charge in [-0.15, -0.1) is 0 Å². The van der Waals surface area contributed by atoms with Gasteiger partial charge in [-0.05, 0) is 32.1 Å². The molecule has 0 amide bonds. The molecule has 0 aliphatic rings. The SMILES string of the molecule is CC(C)C(CNCc1c(F)cc(C#N)cc1F)N(C)C. The van der Waals surface area contributed by atoms with Gasteiger partial charge in [-0.2, -0.15) is 5.26 Å². The van der Waals surface area contributed by atoms with Gasteiger partial charge in [0.1, 0.15) is 11.6 Å². The van der Waals surface area contributed by atoms with E-state index in [9.17, 15) is 8.78 Å². The first kappa shape index (κ1) is 16.5. The summed E-state index contributed by atoms with van der Waals surface area (Å²) in [6.07, 6.45) is 0. The van der Waals surface area contributed by atoms with E-state index in [-0.39, 0.29) is 17.7 Å². The molecule has 1 aromatic carbocycles. The summed E-state index contributed by atoms with van der Waals surface area (Å²) in [5, 5.41) is 11.7. The van der Waals surface area contributed by atoms with E-state index in [1.807, 2.05) is 14.1 Å². The molecule has 5 heteroatoms. The van der Waals surface area contributed by atoms with Gasteiger partial charge in [0, 0.05) is 24.7 Å².